The van der Waals surface area contributed by atoms with Crippen LogP contribution in [0, 0.1) is 6.92 Å². The Kier molecular flexibility index (Phi) is 5.45. The molecule has 0 aliphatic carbocycles. The third-order valence-electron chi connectivity index (χ3n) is 2.61. The predicted octanol–water partition coefficient (Wildman–Crippen LogP) is 2.59. The van der Waals surface area contributed by atoms with Gasteiger partial charge in [0.05, 0.1) is 17.7 Å². The molecule has 0 fully saturated rings. The highest BCUT2D eigenvalue weighted by Gasteiger charge is 2.09. The van der Waals surface area contributed by atoms with Crippen molar-refractivity contribution in [2.45, 2.75) is 20.0 Å². The molecule has 108 valence electrons. The van der Waals surface area contributed by atoms with E-state index in [0.717, 1.165) is 16.1 Å². The molecule has 0 amide bonds. The second-order valence-corrected chi connectivity index (χ2v) is 5.14. The van der Waals surface area contributed by atoms with E-state index in [0.29, 0.717) is 18.2 Å². The lowest BCUT2D eigenvalue weighted by Gasteiger charge is -2.04. The van der Waals surface area contributed by atoms with Gasteiger partial charge in [0, 0.05) is 11.3 Å². The number of thiazole rings is 1. The maximum atomic E-state index is 8.44. The minimum absolute atomic E-state index is 0.161. The molecule has 0 atom stereocenters. The van der Waals surface area contributed by atoms with Crippen molar-refractivity contribution >= 4 is 11.3 Å². The van der Waals surface area contributed by atoms with Crippen molar-refractivity contribution < 1.29 is 20.0 Å². The standard InChI is InChI=1S/C13H16N2O4S/c1-10-12(7-8-19-15(16)17)20-13(14-10)18-9-11-5-3-2-4-6-11/h2-6,16-17H,7-9H2,1H3. The maximum Gasteiger partial charge on any atom is 0.273 e. The van der Waals surface area contributed by atoms with Crippen LogP contribution in [0.15, 0.2) is 30.3 Å². The van der Waals surface area contributed by atoms with Gasteiger partial charge < -0.3 is 4.74 Å². The quantitative estimate of drug-likeness (QED) is 0.765. The molecule has 2 rings (SSSR count). The van der Waals surface area contributed by atoms with Crippen molar-refractivity contribution in [3.8, 4) is 5.19 Å². The summed E-state index contributed by atoms with van der Waals surface area (Å²) < 4.78 is 5.64. The maximum absolute atomic E-state index is 8.44. The summed E-state index contributed by atoms with van der Waals surface area (Å²) in [7, 11) is 0. The summed E-state index contributed by atoms with van der Waals surface area (Å²) >= 11 is 1.44. The first-order valence-electron chi connectivity index (χ1n) is 6.09. The molecule has 6 nitrogen and oxygen atoms in total. The van der Waals surface area contributed by atoms with Gasteiger partial charge in [-0.3, -0.25) is 15.3 Å². The first-order valence-corrected chi connectivity index (χ1v) is 6.90. The highest BCUT2D eigenvalue weighted by Crippen LogP contribution is 2.25. The summed E-state index contributed by atoms with van der Waals surface area (Å²) in [5.74, 6) is 0. The summed E-state index contributed by atoms with van der Waals surface area (Å²) in [5.41, 5.74) is 1.95. The number of ether oxygens (including phenoxy) is 1. The van der Waals surface area contributed by atoms with Crippen LogP contribution in [0.1, 0.15) is 16.1 Å². The van der Waals surface area contributed by atoms with Gasteiger partial charge >= 0.3 is 0 Å². The third-order valence-corrected chi connectivity index (χ3v) is 3.74. The molecule has 0 aliphatic rings. The number of nitrogens with zero attached hydrogens (tertiary/aromatic N) is 2. The fourth-order valence-electron chi connectivity index (χ4n) is 1.63. The third kappa shape index (κ3) is 4.55. The number of hydrogen-bond acceptors (Lipinski definition) is 7. The van der Waals surface area contributed by atoms with Crippen molar-refractivity contribution in [2.75, 3.05) is 6.61 Å². The largest absolute Gasteiger partial charge is 0.465 e. The Labute approximate surface area is 120 Å². The lowest BCUT2D eigenvalue weighted by Crippen LogP contribution is -2.16. The molecular weight excluding hydrogens is 280 g/mol. The zero-order valence-electron chi connectivity index (χ0n) is 11.0. The van der Waals surface area contributed by atoms with Gasteiger partial charge in [-0.05, 0) is 12.5 Å². The van der Waals surface area contributed by atoms with Crippen LogP contribution < -0.4 is 4.74 Å². The Morgan fingerprint density at radius 1 is 1.25 bits per heavy atom. The first kappa shape index (κ1) is 14.9. The normalized spacial score (nSPS) is 11.0. The van der Waals surface area contributed by atoms with Crippen molar-refractivity contribution in [2.24, 2.45) is 0 Å². The van der Waals surface area contributed by atoms with Gasteiger partial charge in [0.2, 0.25) is 0 Å². The molecule has 1 aromatic heterocycles. The predicted molar refractivity (Wildman–Crippen MR) is 72.7 cm³/mol. The Bertz CT molecular complexity index is 530. The van der Waals surface area contributed by atoms with Gasteiger partial charge in [-0.2, -0.15) is 0 Å². The molecule has 0 unspecified atom stereocenters. The van der Waals surface area contributed by atoms with Crippen LogP contribution in [0.5, 0.6) is 5.19 Å². The first-order chi connectivity index (χ1) is 9.65. The number of aryl methyl sites for hydroxylation is 1. The zero-order valence-corrected chi connectivity index (χ0v) is 11.8. The Hall–Kier alpha value is -1.51. The van der Waals surface area contributed by atoms with E-state index >= 15 is 0 Å². The molecule has 0 spiro atoms. The van der Waals surface area contributed by atoms with E-state index < -0.39 is 0 Å². The van der Waals surface area contributed by atoms with Gasteiger partial charge in [0.15, 0.2) is 0 Å². The second-order valence-electron chi connectivity index (χ2n) is 4.10. The zero-order chi connectivity index (χ0) is 14.4. The molecule has 2 aromatic rings. The highest BCUT2D eigenvalue weighted by molar-refractivity contribution is 7.13. The van der Waals surface area contributed by atoms with E-state index in [9.17, 15) is 0 Å². The summed E-state index contributed by atoms with van der Waals surface area (Å²) in [5, 5.41) is 17.2. The Balaban J connectivity index is 1.87. The number of hydrogen-bond donors (Lipinski definition) is 2. The van der Waals surface area contributed by atoms with Crippen molar-refractivity contribution in [1.29, 1.82) is 0 Å². The smallest absolute Gasteiger partial charge is 0.273 e. The van der Waals surface area contributed by atoms with Gasteiger partial charge in [-0.1, -0.05) is 41.7 Å². The summed E-state index contributed by atoms with van der Waals surface area (Å²) in [4.78, 5) is 9.84. The second kappa shape index (κ2) is 7.32. The number of rotatable bonds is 7. The molecule has 1 aromatic carbocycles. The van der Waals surface area contributed by atoms with Crippen LogP contribution in [0.3, 0.4) is 0 Å². The average Bonchev–Trinajstić information content (AvgIpc) is 2.78. The summed E-state index contributed by atoms with van der Waals surface area (Å²) in [6.45, 7) is 2.52. The molecule has 1 heterocycles. The lowest BCUT2D eigenvalue weighted by atomic mass is 10.2. The van der Waals surface area contributed by atoms with E-state index in [4.69, 9.17) is 15.2 Å². The highest BCUT2D eigenvalue weighted by atomic mass is 32.1. The van der Waals surface area contributed by atoms with Crippen LogP contribution in [0.2, 0.25) is 0 Å². The van der Waals surface area contributed by atoms with Crippen molar-refractivity contribution in [3.05, 3.63) is 46.5 Å². The minimum Gasteiger partial charge on any atom is -0.465 e. The fraction of sp³-hybridized carbons (Fsp3) is 0.308. The van der Waals surface area contributed by atoms with E-state index in [2.05, 4.69) is 9.82 Å². The number of aromatic nitrogens is 1. The van der Waals surface area contributed by atoms with Crippen LogP contribution >= 0.6 is 11.3 Å². The van der Waals surface area contributed by atoms with Crippen molar-refractivity contribution in [1.82, 2.24) is 10.4 Å². The summed E-state index contributed by atoms with van der Waals surface area (Å²) in [6, 6.07) is 9.87. The molecular formula is C13H16N2O4S. The fourth-order valence-corrected chi connectivity index (χ4v) is 2.52. The molecule has 20 heavy (non-hydrogen) atoms. The SMILES string of the molecule is Cc1nc(OCc2ccccc2)sc1CCON(O)O. The van der Waals surface area contributed by atoms with Gasteiger partial charge in [0.1, 0.15) is 6.61 Å². The molecule has 0 aliphatic heterocycles. The van der Waals surface area contributed by atoms with E-state index in [1.54, 1.807) is 0 Å². The molecule has 0 radical (unpaired) electrons. The Morgan fingerprint density at radius 3 is 2.70 bits per heavy atom. The van der Waals surface area contributed by atoms with Crippen LogP contribution in [0.25, 0.3) is 0 Å². The van der Waals surface area contributed by atoms with Crippen LogP contribution in [0.4, 0.5) is 0 Å². The van der Waals surface area contributed by atoms with E-state index in [1.165, 1.54) is 11.3 Å². The lowest BCUT2D eigenvalue weighted by molar-refractivity contribution is -0.492. The minimum atomic E-state index is -0.289. The number of benzene rings is 1. The molecule has 0 saturated heterocycles. The molecule has 7 heteroatoms. The van der Waals surface area contributed by atoms with Gasteiger partial charge in [-0.15, -0.1) is 0 Å². The summed E-state index contributed by atoms with van der Waals surface area (Å²) in [6.07, 6.45) is 0.538. The van der Waals surface area contributed by atoms with Crippen LogP contribution in [-0.4, -0.2) is 27.4 Å². The van der Waals surface area contributed by atoms with E-state index in [1.807, 2.05) is 37.3 Å². The monoisotopic (exact) mass is 296 g/mol. The van der Waals surface area contributed by atoms with Gasteiger partial charge in [0.25, 0.3) is 5.19 Å². The topological polar surface area (TPSA) is 75.1 Å². The Morgan fingerprint density at radius 2 is 2.00 bits per heavy atom. The van der Waals surface area contributed by atoms with Gasteiger partial charge in [-0.25, -0.2) is 4.98 Å². The van der Waals surface area contributed by atoms with E-state index in [-0.39, 0.29) is 12.0 Å². The van der Waals surface area contributed by atoms with Crippen LogP contribution in [-0.2, 0) is 17.9 Å². The average molecular weight is 296 g/mol. The molecule has 2 N–H and O–H groups in total. The van der Waals surface area contributed by atoms with Crippen molar-refractivity contribution in [3.63, 3.8) is 0 Å². The molecule has 0 saturated carbocycles. The molecule has 0 bridgehead atoms.